The summed E-state index contributed by atoms with van der Waals surface area (Å²) in [6, 6.07) is 14.3. The molecule has 0 bridgehead atoms. The van der Waals surface area contributed by atoms with Gasteiger partial charge in [-0.2, -0.15) is 20.5 Å². The van der Waals surface area contributed by atoms with E-state index in [2.05, 4.69) is 4.90 Å². The number of sulfonamides is 2. The molecule has 5 rings (SSSR count). The fourth-order valence-corrected chi connectivity index (χ4v) is 10.5. The number of hydrogen-bond acceptors (Lipinski definition) is 7. The average Bonchev–Trinajstić information content (AvgIpc) is 3.00. The predicted octanol–water partition coefficient (Wildman–Crippen LogP) is 5.61. The summed E-state index contributed by atoms with van der Waals surface area (Å²) in [5.41, 5.74) is 0.910. The first-order chi connectivity index (χ1) is 20.9. The summed E-state index contributed by atoms with van der Waals surface area (Å²) < 4.78 is 62.6. The molecule has 236 valence electrons. The van der Waals surface area contributed by atoms with Crippen LogP contribution in [0.2, 0.25) is 15.1 Å². The number of rotatable bonds is 8. The van der Waals surface area contributed by atoms with Crippen LogP contribution in [-0.2, 0) is 36.1 Å². The molecule has 2 saturated heterocycles. The van der Waals surface area contributed by atoms with Crippen molar-refractivity contribution in [2.75, 3.05) is 43.1 Å². The summed E-state index contributed by atoms with van der Waals surface area (Å²) in [4.78, 5) is 16.2. The van der Waals surface area contributed by atoms with Crippen molar-refractivity contribution >= 4 is 66.4 Å². The molecular weight excluding hydrogens is 669 g/mol. The van der Waals surface area contributed by atoms with Crippen molar-refractivity contribution in [3.05, 3.63) is 86.9 Å². The van der Waals surface area contributed by atoms with Crippen molar-refractivity contribution in [3.63, 3.8) is 0 Å². The number of piperazine rings is 1. The Morgan fingerprint density at radius 1 is 0.841 bits per heavy atom. The Balaban J connectivity index is 1.50. The third-order valence-electron chi connectivity index (χ3n) is 7.96. The van der Waals surface area contributed by atoms with Crippen LogP contribution in [0.5, 0.6) is 0 Å². The summed E-state index contributed by atoms with van der Waals surface area (Å²) in [6.45, 7) is 5.51. The molecule has 0 N–H and O–H groups in total. The first-order valence-corrected chi connectivity index (χ1v) is 18.1. The van der Waals surface area contributed by atoms with Crippen molar-refractivity contribution in [1.82, 2.24) is 9.80 Å². The number of anilines is 1. The Labute approximate surface area is 273 Å². The summed E-state index contributed by atoms with van der Waals surface area (Å²) in [5.74, 6) is 0.138. The number of nitrogens with zero attached hydrogens (tertiary/aromatic N) is 3. The molecule has 0 unspecified atom stereocenters. The van der Waals surface area contributed by atoms with E-state index in [1.54, 1.807) is 25.1 Å². The van der Waals surface area contributed by atoms with E-state index in [0.717, 1.165) is 12.8 Å². The van der Waals surface area contributed by atoms with Gasteiger partial charge in [-0.1, -0.05) is 59.1 Å². The second kappa shape index (κ2) is 13.5. The lowest BCUT2D eigenvalue weighted by molar-refractivity contribution is -0.140. The van der Waals surface area contributed by atoms with Crippen LogP contribution in [0, 0.1) is 12.8 Å². The van der Waals surface area contributed by atoms with Crippen molar-refractivity contribution in [2.45, 2.75) is 36.1 Å². The van der Waals surface area contributed by atoms with Gasteiger partial charge in [0.1, 0.15) is 9.79 Å². The van der Waals surface area contributed by atoms with Crippen LogP contribution < -0.4 is 3.71 Å². The minimum atomic E-state index is -4.79. The van der Waals surface area contributed by atoms with Gasteiger partial charge in [0.2, 0.25) is 5.91 Å². The lowest BCUT2D eigenvalue weighted by Gasteiger charge is -2.37. The van der Waals surface area contributed by atoms with Crippen LogP contribution in [0.15, 0.2) is 70.5 Å². The number of ether oxygens (including phenoxy) is 1. The van der Waals surface area contributed by atoms with Crippen LogP contribution >= 0.6 is 34.8 Å². The molecule has 0 spiro atoms. The highest BCUT2D eigenvalue weighted by atomic mass is 35.5. The monoisotopic (exact) mass is 699 g/mol. The fraction of sp³-hybridized carbons (Fsp3) is 0.367. The average molecular weight is 701 g/mol. The fourth-order valence-electron chi connectivity index (χ4n) is 5.52. The van der Waals surface area contributed by atoms with E-state index in [9.17, 15) is 21.6 Å². The van der Waals surface area contributed by atoms with Crippen molar-refractivity contribution < 1.29 is 26.4 Å². The van der Waals surface area contributed by atoms with Crippen LogP contribution in [0.1, 0.15) is 24.0 Å². The molecule has 2 aliphatic rings. The Hall–Kier alpha value is -2.38. The van der Waals surface area contributed by atoms with Gasteiger partial charge >= 0.3 is 0 Å². The van der Waals surface area contributed by atoms with Crippen molar-refractivity contribution in [1.29, 1.82) is 0 Å². The Morgan fingerprint density at radius 3 is 1.89 bits per heavy atom. The second-order valence-electron chi connectivity index (χ2n) is 10.8. The maximum atomic E-state index is 14.2. The third kappa shape index (κ3) is 6.74. The Kier molecular flexibility index (Phi) is 10.2. The number of halogens is 3. The molecule has 2 fully saturated rings. The first kappa shape index (κ1) is 33.0. The minimum Gasteiger partial charge on any atom is -0.381 e. The number of benzene rings is 3. The molecule has 0 atom stereocenters. The molecule has 3 aromatic rings. The highest BCUT2D eigenvalue weighted by molar-refractivity contribution is 8.10. The minimum absolute atomic E-state index is 0.0147. The third-order valence-corrected chi connectivity index (χ3v) is 13.3. The Bertz CT molecular complexity index is 1680. The quantitative estimate of drug-likeness (QED) is 0.301. The molecule has 0 aliphatic carbocycles. The van der Waals surface area contributed by atoms with Gasteiger partial charge in [0.15, 0.2) is 0 Å². The summed E-state index contributed by atoms with van der Waals surface area (Å²) in [7, 11) is -9.59. The summed E-state index contributed by atoms with van der Waals surface area (Å²) >= 11 is 19.1. The molecule has 1 amide bonds. The smallest absolute Gasteiger partial charge is 0.279 e. The van der Waals surface area contributed by atoms with Crippen LogP contribution in [0.25, 0.3) is 0 Å². The second-order valence-corrected chi connectivity index (χ2v) is 15.8. The SMILES string of the molecule is Cc1c(CN2CCN(C(=O)C3CCOCC3)CC2)cc(Cl)cc1N(S(=O)(=O)c1ccccc1Cl)S(=O)(=O)c1ccccc1Cl. The standard InChI is InChI=1S/C30H32Cl3N3O6S2/c1-21-23(20-34-12-14-35(15-13-34)30(37)22-10-16-42-17-11-22)18-24(31)19-27(21)36(43(38,39)28-8-4-2-6-25(28)32)44(40,41)29-9-5-3-7-26(29)33/h2-9,18-19,22H,10-17,20H2,1H3. The zero-order chi connectivity index (χ0) is 31.6. The van der Waals surface area contributed by atoms with Crippen LogP contribution in [0.4, 0.5) is 5.69 Å². The van der Waals surface area contributed by atoms with Gasteiger partial charge in [0.25, 0.3) is 20.0 Å². The molecule has 2 aliphatic heterocycles. The highest BCUT2D eigenvalue weighted by Gasteiger charge is 2.40. The zero-order valence-electron chi connectivity index (χ0n) is 24.0. The lowest BCUT2D eigenvalue weighted by atomic mass is 9.98. The van der Waals surface area contributed by atoms with E-state index in [1.165, 1.54) is 42.5 Å². The number of hydrogen-bond donors (Lipinski definition) is 0. The van der Waals surface area contributed by atoms with Gasteiger partial charge in [-0.05, 0) is 67.3 Å². The van der Waals surface area contributed by atoms with E-state index in [4.69, 9.17) is 39.5 Å². The molecule has 3 aromatic carbocycles. The topological polar surface area (TPSA) is 104 Å². The normalized spacial score (nSPS) is 17.0. The van der Waals surface area contributed by atoms with Crippen molar-refractivity contribution in [2.24, 2.45) is 5.92 Å². The predicted molar refractivity (Wildman–Crippen MR) is 171 cm³/mol. The van der Waals surface area contributed by atoms with Crippen LogP contribution in [0.3, 0.4) is 0 Å². The molecule has 0 radical (unpaired) electrons. The van der Waals surface area contributed by atoms with E-state index in [0.29, 0.717) is 60.8 Å². The van der Waals surface area contributed by atoms with Gasteiger partial charge in [-0.25, -0.2) is 0 Å². The van der Waals surface area contributed by atoms with E-state index < -0.39 is 20.0 Å². The summed E-state index contributed by atoms with van der Waals surface area (Å²) in [5, 5.41) is -0.123. The number of carbonyl (C=O) groups excluding carboxylic acids is 1. The van der Waals surface area contributed by atoms with Gasteiger partial charge < -0.3 is 9.64 Å². The lowest BCUT2D eigenvalue weighted by Crippen LogP contribution is -2.50. The Morgan fingerprint density at radius 2 is 1.36 bits per heavy atom. The largest absolute Gasteiger partial charge is 0.381 e. The van der Waals surface area contributed by atoms with E-state index in [1.807, 2.05) is 4.90 Å². The maximum Gasteiger partial charge on any atom is 0.279 e. The van der Waals surface area contributed by atoms with Gasteiger partial charge in [-0.15, -0.1) is 0 Å². The molecule has 14 heteroatoms. The molecule has 44 heavy (non-hydrogen) atoms. The van der Waals surface area contributed by atoms with Crippen molar-refractivity contribution in [3.8, 4) is 0 Å². The number of carbonyl (C=O) groups is 1. The highest BCUT2D eigenvalue weighted by Crippen LogP contribution is 2.39. The number of amides is 1. The molecule has 0 saturated carbocycles. The first-order valence-electron chi connectivity index (χ1n) is 14.1. The maximum absolute atomic E-state index is 14.2. The molecule has 2 heterocycles. The molecular formula is C30H32Cl3N3O6S2. The summed E-state index contributed by atoms with van der Waals surface area (Å²) in [6.07, 6.45) is 1.46. The van der Waals surface area contributed by atoms with Gasteiger partial charge in [-0.3, -0.25) is 9.69 Å². The molecule has 0 aromatic heterocycles. The van der Waals surface area contributed by atoms with E-state index in [-0.39, 0.29) is 42.4 Å². The van der Waals surface area contributed by atoms with E-state index >= 15 is 0 Å². The molecule has 9 nitrogen and oxygen atoms in total. The van der Waals surface area contributed by atoms with Gasteiger partial charge in [0, 0.05) is 56.9 Å². The van der Waals surface area contributed by atoms with Crippen LogP contribution in [-0.4, -0.2) is 71.9 Å². The zero-order valence-corrected chi connectivity index (χ0v) is 27.9. The van der Waals surface area contributed by atoms with Gasteiger partial charge in [0.05, 0.1) is 15.7 Å².